The summed E-state index contributed by atoms with van der Waals surface area (Å²) < 4.78 is 42.3. The van der Waals surface area contributed by atoms with Crippen molar-refractivity contribution in [2.75, 3.05) is 19.4 Å². The van der Waals surface area contributed by atoms with E-state index in [4.69, 9.17) is 4.74 Å². The zero-order valence-corrected chi connectivity index (χ0v) is 13.0. The smallest absolute Gasteiger partial charge is 0.342 e. The third kappa shape index (κ3) is 4.12. The number of carbonyl (C=O) groups is 1. The molecule has 0 amide bonds. The number of nitrogens with zero attached hydrogens (tertiary/aromatic N) is 1. The molecule has 0 aliphatic carbocycles. The molecule has 0 aliphatic rings. The second-order valence-electron chi connectivity index (χ2n) is 3.99. The van der Waals surface area contributed by atoms with Crippen molar-refractivity contribution in [3.05, 3.63) is 11.8 Å². The van der Waals surface area contributed by atoms with Crippen molar-refractivity contribution in [2.24, 2.45) is 0 Å². The maximum Gasteiger partial charge on any atom is 0.342 e. The molecule has 2 unspecified atom stereocenters. The van der Waals surface area contributed by atoms with Crippen LogP contribution >= 0.6 is 0 Å². The Bertz CT molecular complexity index is 596. The minimum atomic E-state index is -3.94. The fourth-order valence-corrected chi connectivity index (χ4v) is 2.89. The second-order valence-corrected chi connectivity index (χ2v) is 7.50. The summed E-state index contributed by atoms with van der Waals surface area (Å²) in [7, 11) is -5.10. The SMILES string of the molecule is CCOC(=O)c1cn[nH]c1S(=O)(=O)NCC(C)S(C)=O. The minimum Gasteiger partial charge on any atom is -0.462 e. The van der Waals surface area contributed by atoms with Gasteiger partial charge in [0.05, 0.1) is 12.8 Å². The molecule has 0 saturated carbocycles. The standard InChI is InChI=1S/C10H17N3O5S2/c1-4-18-10(14)8-6-11-13-9(8)20(16,17)12-5-7(2)19(3)15/h6-7,12H,4-5H2,1-3H3,(H,11,13). The van der Waals surface area contributed by atoms with E-state index in [1.54, 1.807) is 13.8 Å². The number of H-pyrrole nitrogens is 1. The Labute approximate surface area is 119 Å². The van der Waals surface area contributed by atoms with E-state index in [0.717, 1.165) is 6.20 Å². The summed E-state index contributed by atoms with van der Waals surface area (Å²) in [4.78, 5) is 11.6. The van der Waals surface area contributed by atoms with E-state index in [9.17, 15) is 17.4 Å². The summed E-state index contributed by atoms with van der Waals surface area (Å²) in [6.45, 7) is 3.38. The van der Waals surface area contributed by atoms with Gasteiger partial charge in [-0.25, -0.2) is 17.9 Å². The van der Waals surface area contributed by atoms with Crippen molar-refractivity contribution in [1.82, 2.24) is 14.9 Å². The molecule has 0 aromatic carbocycles. The highest BCUT2D eigenvalue weighted by molar-refractivity contribution is 7.89. The van der Waals surface area contributed by atoms with E-state index in [1.165, 1.54) is 6.26 Å². The Morgan fingerprint density at radius 3 is 2.80 bits per heavy atom. The molecule has 114 valence electrons. The molecule has 20 heavy (non-hydrogen) atoms. The molecule has 8 nitrogen and oxygen atoms in total. The van der Waals surface area contributed by atoms with Gasteiger partial charge in [0, 0.05) is 28.9 Å². The number of hydrogen-bond donors (Lipinski definition) is 2. The third-order valence-corrected chi connectivity index (χ3v) is 5.19. The van der Waals surface area contributed by atoms with Crippen molar-refractivity contribution in [3.63, 3.8) is 0 Å². The third-order valence-electron chi connectivity index (χ3n) is 2.50. The minimum absolute atomic E-state index is 0.00721. The number of aromatic nitrogens is 2. The zero-order chi connectivity index (χ0) is 15.3. The van der Waals surface area contributed by atoms with Crippen LogP contribution in [0.4, 0.5) is 0 Å². The van der Waals surface area contributed by atoms with Crippen LogP contribution in [-0.2, 0) is 25.6 Å². The summed E-state index contributed by atoms with van der Waals surface area (Å²) in [5.74, 6) is -0.770. The van der Waals surface area contributed by atoms with Crippen LogP contribution in [-0.4, -0.2) is 53.5 Å². The highest BCUT2D eigenvalue weighted by atomic mass is 32.2. The molecular formula is C10H17N3O5S2. The van der Waals surface area contributed by atoms with Crippen LogP contribution in [0.2, 0.25) is 0 Å². The molecule has 0 spiro atoms. The Kier molecular flexibility index (Phi) is 5.84. The molecule has 0 saturated heterocycles. The molecule has 0 bridgehead atoms. The lowest BCUT2D eigenvalue weighted by Crippen LogP contribution is -2.33. The van der Waals surface area contributed by atoms with Crippen LogP contribution < -0.4 is 4.72 Å². The lowest BCUT2D eigenvalue weighted by atomic mass is 10.4. The van der Waals surface area contributed by atoms with Gasteiger partial charge in [0.15, 0.2) is 5.03 Å². The molecule has 0 radical (unpaired) electrons. The van der Waals surface area contributed by atoms with Crippen LogP contribution in [0.3, 0.4) is 0 Å². The molecule has 1 rings (SSSR count). The van der Waals surface area contributed by atoms with Gasteiger partial charge in [-0.3, -0.25) is 9.31 Å². The first kappa shape index (κ1) is 16.8. The van der Waals surface area contributed by atoms with E-state index in [0.29, 0.717) is 0 Å². The molecule has 1 aromatic heterocycles. The second kappa shape index (κ2) is 6.95. The van der Waals surface area contributed by atoms with Crippen LogP contribution in [0.1, 0.15) is 24.2 Å². The van der Waals surface area contributed by atoms with Gasteiger partial charge in [-0.05, 0) is 13.8 Å². The predicted molar refractivity (Wildman–Crippen MR) is 73.3 cm³/mol. The van der Waals surface area contributed by atoms with Crippen molar-refractivity contribution in [2.45, 2.75) is 24.1 Å². The van der Waals surface area contributed by atoms with E-state index in [2.05, 4.69) is 14.9 Å². The largest absolute Gasteiger partial charge is 0.462 e. The maximum atomic E-state index is 12.1. The number of rotatable bonds is 7. The molecule has 0 fully saturated rings. The Hall–Kier alpha value is -1.26. The van der Waals surface area contributed by atoms with Gasteiger partial charge >= 0.3 is 5.97 Å². The Balaban J connectivity index is 2.91. The van der Waals surface area contributed by atoms with E-state index < -0.39 is 26.8 Å². The molecule has 2 N–H and O–H groups in total. The van der Waals surface area contributed by atoms with E-state index in [1.807, 2.05) is 0 Å². The monoisotopic (exact) mass is 323 g/mol. The number of ether oxygens (including phenoxy) is 1. The molecular weight excluding hydrogens is 306 g/mol. The van der Waals surface area contributed by atoms with Gasteiger partial charge in [0.25, 0.3) is 10.0 Å². The summed E-state index contributed by atoms with van der Waals surface area (Å²) in [5.41, 5.74) is -0.162. The van der Waals surface area contributed by atoms with Crippen LogP contribution in [0.15, 0.2) is 11.2 Å². The first-order valence-corrected chi connectivity index (χ1v) is 8.92. The quantitative estimate of drug-likeness (QED) is 0.661. The van der Waals surface area contributed by atoms with Crippen molar-refractivity contribution in [1.29, 1.82) is 0 Å². The molecule has 10 heteroatoms. The fourth-order valence-electron chi connectivity index (χ4n) is 1.25. The van der Waals surface area contributed by atoms with Gasteiger partial charge < -0.3 is 4.74 Å². The fraction of sp³-hybridized carbons (Fsp3) is 0.600. The van der Waals surface area contributed by atoms with E-state index >= 15 is 0 Å². The lowest BCUT2D eigenvalue weighted by molar-refractivity contribution is 0.0522. The maximum absolute atomic E-state index is 12.1. The van der Waals surface area contributed by atoms with Gasteiger partial charge in [0.1, 0.15) is 5.56 Å². The van der Waals surface area contributed by atoms with E-state index in [-0.39, 0.29) is 29.0 Å². The van der Waals surface area contributed by atoms with Gasteiger partial charge in [-0.2, -0.15) is 5.10 Å². The molecule has 2 atom stereocenters. The highest BCUT2D eigenvalue weighted by Crippen LogP contribution is 2.13. The van der Waals surface area contributed by atoms with Crippen LogP contribution in [0, 0.1) is 0 Å². The van der Waals surface area contributed by atoms with Gasteiger partial charge in [0.2, 0.25) is 0 Å². The van der Waals surface area contributed by atoms with Crippen molar-refractivity contribution in [3.8, 4) is 0 Å². The first-order chi connectivity index (χ1) is 9.29. The summed E-state index contributed by atoms with van der Waals surface area (Å²) in [5, 5.41) is 5.11. The number of esters is 1. The highest BCUT2D eigenvalue weighted by Gasteiger charge is 2.26. The lowest BCUT2D eigenvalue weighted by Gasteiger charge is -2.10. The zero-order valence-electron chi connectivity index (χ0n) is 11.4. The summed E-state index contributed by atoms with van der Waals surface area (Å²) in [6.07, 6.45) is 2.58. The van der Waals surface area contributed by atoms with Crippen LogP contribution in [0.25, 0.3) is 0 Å². The Morgan fingerprint density at radius 1 is 1.60 bits per heavy atom. The average molecular weight is 323 g/mol. The average Bonchev–Trinajstić information content (AvgIpc) is 2.86. The van der Waals surface area contributed by atoms with Gasteiger partial charge in [-0.15, -0.1) is 0 Å². The van der Waals surface area contributed by atoms with Crippen molar-refractivity contribution < 1.29 is 22.2 Å². The predicted octanol–water partition coefficient (Wildman–Crippen LogP) is -0.368. The Morgan fingerprint density at radius 2 is 2.25 bits per heavy atom. The number of sulfonamides is 1. The number of hydrogen-bond acceptors (Lipinski definition) is 6. The normalized spacial score (nSPS) is 14.8. The molecule has 1 heterocycles. The summed E-state index contributed by atoms with van der Waals surface area (Å²) in [6, 6.07) is 0. The number of aromatic amines is 1. The topological polar surface area (TPSA) is 118 Å². The molecule has 0 aliphatic heterocycles. The number of nitrogens with one attached hydrogen (secondary N) is 2. The van der Waals surface area contributed by atoms with Crippen LogP contribution in [0.5, 0.6) is 0 Å². The summed E-state index contributed by atoms with van der Waals surface area (Å²) >= 11 is 0. The first-order valence-electron chi connectivity index (χ1n) is 5.82. The number of carbonyl (C=O) groups excluding carboxylic acids is 1. The van der Waals surface area contributed by atoms with Gasteiger partial charge in [-0.1, -0.05) is 0 Å². The molecule has 1 aromatic rings. The van der Waals surface area contributed by atoms with Crippen molar-refractivity contribution >= 4 is 26.8 Å².